The summed E-state index contributed by atoms with van der Waals surface area (Å²) in [7, 11) is -1.81. The van der Waals surface area contributed by atoms with Crippen LogP contribution in [-0.4, -0.2) is 27.6 Å². The summed E-state index contributed by atoms with van der Waals surface area (Å²) in [4.78, 5) is 13.7. The number of aryl methyl sites for hydroxylation is 2. The number of benzene rings is 5. The van der Waals surface area contributed by atoms with E-state index in [0.717, 1.165) is 61.0 Å². The first kappa shape index (κ1) is 35.1. The number of aromatic nitrogens is 4. The summed E-state index contributed by atoms with van der Waals surface area (Å²) in [5, 5.41) is 4.52. The van der Waals surface area contributed by atoms with Crippen LogP contribution in [0.15, 0.2) is 124 Å². The fourth-order valence-corrected chi connectivity index (χ4v) is 9.05. The number of nitrogens with zero attached hydrogens (tertiary/aromatic N) is 4. The zero-order chi connectivity index (χ0) is 45.5. The largest absolute Gasteiger partial charge is 0.486 e. The second-order valence-electron chi connectivity index (χ2n) is 16.9. The van der Waals surface area contributed by atoms with Crippen molar-refractivity contribution >= 4 is 68.3 Å². The summed E-state index contributed by atoms with van der Waals surface area (Å²) in [6.07, 6.45) is 1.43. The molecule has 5 aromatic heterocycles. The van der Waals surface area contributed by atoms with Crippen LogP contribution in [0.25, 0.3) is 83.4 Å². The van der Waals surface area contributed by atoms with E-state index in [2.05, 4.69) is 71.4 Å². The van der Waals surface area contributed by atoms with Crippen molar-refractivity contribution in [3.63, 3.8) is 0 Å². The van der Waals surface area contributed by atoms with E-state index in [0.29, 0.717) is 44.9 Å². The van der Waals surface area contributed by atoms with Gasteiger partial charge >= 0.3 is 0 Å². The third-order valence-corrected chi connectivity index (χ3v) is 12.3. The third kappa shape index (κ3) is 7.62. The van der Waals surface area contributed by atoms with Gasteiger partial charge in [0.1, 0.15) is 11.4 Å². The third-order valence-electron chi connectivity index (χ3n) is 10.3. The van der Waals surface area contributed by atoms with Gasteiger partial charge in [-0.2, -0.15) is 0 Å². The molecule has 10 aromatic rings. The zero-order valence-corrected chi connectivity index (χ0v) is 37.7. The summed E-state index contributed by atoms with van der Waals surface area (Å²) < 4.78 is 68.7. The fourth-order valence-electron chi connectivity index (χ4n) is 7.65. The quantitative estimate of drug-likeness (QED) is 0.127. The maximum absolute atomic E-state index is 14.0. The summed E-state index contributed by atoms with van der Waals surface area (Å²) >= 11 is 0. The molecule has 0 aliphatic heterocycles. The van der Waals surface area contributed by atoms with E-state index < -0.39 is 32.5 Å². The Balaban J connectivity index is 0.000000185. The Morgan fingerprint density at radius 2 is 1.65 bits per heavy atom. The Morgan fingerprint density at radius 3 is 2.42 bits per heavy atom. The van der Waals surface area contributed by atoms with E-state index in [1.54, 1.807) is 18.3 Å². The normalized spacial score (nSPS) is 13.7. The van der Waals surface area contributed by atoms with Gasteiger partial charge in [0.15, 0.2) is 5.58 Å². The molecule has 0 unspecified atom stereocenters. The Labute approximate surface area is 370 Å². The van der Waals surface area contributed by atoms with E-state index >= 15 is 0 Å². The molecule has 0 saturated heterocycles. The minimum absolute atomic E-state index is 0. The molecule has 303 valence electrons. The Bertz CT molecular complexity index is 3420. The minimum Gasteiger partial charge on any atom is -0.486 e. The van der Waals surface area contributed by atoms with Crippen molar-refractivity contribution in [2.75, 3.05) is 0 Å². The van der Waals surface area contributed by atoms with Gasteiger partial charge in [-0.25, -0.2) is 9.37 Å². The number of pyridine rings is 2. The van der Waals surface area contributed by atoms with Crippen molar-refractivity contribution in [3.05, 3.63) is 150 Å². The Kier molecular flexibility index (Phi) is 9.18. The monoisotopic (exact) mass is 990 g/mol. The van der Waals surface area contributed by atoms with E-state index in [1.165, 1.54) is 12.1 Å². The SMILES string of the molecule is Cc1ccc(-n2c(-c3[c-]ccc4c3oc3ncc(F)cc34)nc3ccccc32)c2oc3ccccc3c12.[2H]C([2H])([2H])c1c[c-]c(-c2cc(C([2H])([2H])C(C)(C)C)c([Si](C)(C)C)cn2)cc1.[Ir]. The van der Waals surface area contributed by atoms with Crippen LogP contribution in [0, 0.1) is 37.1 Å². The van der Waals surface area contributed by atoms with Crippen LogP contribution in [0.2, 0.25) is 19.6 Å². The summed E-state index contributed by atoms with van der Waals surface area (Å²) in [6.45, 7) is 12.2. The average molecular weight is 990 g/mol. The van der Waals surface area contributed by atoms with E-state index in [9.17, 15) is 4.39 Å². The number of furan rings is 2. The van der Waals surface area contributed by atoms with E-state index in [-0.39, 0.29) is 25.7 Å². The smallest absolute Gasteiger partial charge is 0.216 e. The van der Waals surface area contributed by atoms with Gasteiger partial charge in [-0.15, -0.1) is 53.6 Å². The van der Waals surface area contributed by atoms with Crippen molar-refractivity contribution < 1.29 is 40.2 Å². The van der Waals surface area contributed by atoms with Crippen LogP contribution < -0.4 is 5.19 Å². The van der Waals surface area contributed by atoms with Gasteiger partial charge in [-0.3, -0.25) is 4.98 Å². The summed E-state index contributed by atoms with van der Waals surface area (Å²) in [5.41, 5.74) is 8.56. The topological polar surface area (TPSA) is 69.9 Å². The van der Waals surface area contributed by atoms with Crippen LogP contribution in [0.3, 0.4) is 0 Å². The second kappa shape index (κ2) is 15.7. The molecule has 1 radical (unpaired) electrons. The van der Waals surface area contributed by atoms with Crippen molar-refractivity contribution in [2.24, 2.45) is 5.41 Å². The molecule has 0 bridgehead atoms. The molecule has 0 atom stereocenters. The molecule has 9 heteroatoms. The number of imidazole rings is 1. The number of para-hydroxylation sites is 3. The van der Waals surface area contributed by atoms with Crippen LogP contribution in [0.4, 0.5) is 4.39 Å². The summed E-state index contributed by atoms with van der Waals surface area (Å²) in [6, 6.07) is 38.2. The standard InChI is InChI=1S/C31H17FN3O2.C20H28NSi.Ir/c1-17-13-14-25(29-27(17)20-7-2-5-12-26(20)36-29)35-24-11-4-3-10-23(24)34-30(35)21-9-6-8-19-22-15-18(32)16-33-31(22)37-28(19)21;1-15-8-10-16(11-9-15)18-12-17(13-20(2,3)4)19(14-21-18)22(5,6)7;/h2-8,10-16H,1H3;8-10,12,14H,13H2,1-7H3;/q2*-1;/i;1D3,13D2;. The molecule has 0 amide bonds. The van der Waals surface area contributed by atoms with Gasteiger partial charge in [0.25, 0.3) is 0 Å². The Morgan fingerprint density at radius 1 is 0.850 bits per heavy atom. The molecule has 10 rings (SSSR count). The van der Waals surface area contributed by atoms with Crippen molar-refractivity contribution in [1.29, 1.82) is 0 Å². The summed E-state index contributed by atoms with van der Waals surface area (Å²) in [5.74, 6) is 0.237. The van der Waals surface area contributed by atoms with Gasteiger partial charge in [-0.05, 0) is 65.5 Å². The number of halogens is 1. The fraction of sp³-hybridized carbons (Fsp3) is 0.196. The van der Waals surface area contributed by atoms with Crippen molar-refractivity contribution in [2.45, 2.75) is 60.6 Å². The molecule has 5 heterocycles. The molecule has 0 aliphatic carbocycles. The number of hydrogen-bond acceptors (Lipinski definition) is 5. The van der Waals surface area contributed by atoms with Crippen LogP contribution in [0.5, 0.6) is 0 Å². The van der Waals surface area contributed by atoms with Gasteiger partial charge in [0.05, 0.1) is 42.4 Å². The number of hydrogen-bond donors (Lipinski definition) is 0. The molecular weight excluding hydrogens is 940 g/mol. The van der Waals surface area contributed by atoms with E-state index in [1.807, 2.05) is 81.4 Å². The maximum Gasteiger partial charge on any atom is 0.216 e. The van der Waals surface area contributed by atoms with Gasteiger partial charge in [0.2, 0.25) is 5.71 Å². The van der Waals surface area contributed by atoms with Crippen molar-refractivity contribution in [1.82, 2.24) is 19.5 Å². The second-order valence-corrected chi connectivity index (χ2v) is 21.9. The average Bonchev–Trinajstić information content (AvgIpc) is 3.95. The van der Waals surface area contributed by atoms with Crippen molar-refractivity contribution in [3.8, 4) is 28.3 Å². The van der Waals surface area contributed by atoms with E-state index in [4.69, 9.17) is 20.7 Å². The van der Waals surface area contributed by atoms with Gasteiger partial charge < -0.3 is 18.4 Å². The van der Waals surface area contributed by atoms with Crippen LogP contribution in [0.1, 0.15) is 44.3 Å². The first-order valence-corrected chi connectivity index (χ1v) is 23.0. The first-order chi connectivity index (χ1) is 30.2. The van der Waals surface area contributed by atoms with Gasteiger partial charge in [0, 0.05) is 49.3 Å². The zero-order valence-electron chi connectivity index (χ0n) is 39.3. The first-order valence-electron chi connectivity index (χ1n) is 22.0. The molecule has 6 nitrogen and oxygen atoms in total. The minimum atomic E-state index is -2.17. The Hall–Kier alpha value is -5.73. The molecular formula is C51H45FIrN4O2Si-2. The predicted molar refractivity (Wildman–Crippen MR) is 242 cm³/mol. The molecule has 0 aliphatic rings. The maximum atomic E-state index is 14.0. The molecule has 0 fully saturated rings. The molecule has 60 heavy (non-hydrogen) atoms. The molecule has 0 N–H and O–H groups in total. The molecule has 0 spiro atoms. The predicted octanol–water partition coefficient (Wildman–Crippen LogP) is 13.1. The molecule has 0 saturated carbocycles. The number of fused-ring (bicyclic) bond motifs is 7. The molecule has 5 aromatic carbocycles. The van der Waals surface area contributed by atoms with Gasteiger partial charge in [-0.1, -0.05) is 106 Å². The van der Waals surface area contributed by atoms with Crippen LogP contribution >= 0.6 is 0 Å². The number of rotatable bonds is 5. The van der Waals surface area contributed by atoms with Crippen LogP contribution in [-0.2, 0) is 26.5 Å².